The Bertz CT molecular complexity index is 423. The quantitative estimate of drug-likeness (QED) is 0.895. The van der Waals surface area contributed by atoms with E-state index in [2.05, 4.69) is 27.3 Å². The molecular formula is C15H26N4O2. The highest BCUT2D eigenvalue weighted by molar-refractivity contribution is 5.28. The normalized spacial score (nSPS) is 27.0. The number of nitrogens with one attached hydrogen (secondary N) is 1. The van der Waals surface area contributed by atoms with E-state index in [1.165, 1.54) is 19.3 Å². The zero-order valence-electron chi connectivity index (χ0n) is 12.9. The zero-order chi connectivity index (χ0) is 14.5. The topological polar surface area (TPSA) is 63.4 Å². The van der Waals surface area contributed by atoms with Crippen LogP contribution in [0.5, 0.6) is 0 Å². The van der Waals surface area contributed by atoms with Gasteiger partial charge in [-0.1, -0.05) is 6.92 Å². The van der Waals surface area contributed by atoms with Crippen LogP contribution in [0.15, 0.2) is 4.52 Å². The number of rotatable bonds is 5. The Morgan fingerprint density at radius 2 is 1.95 bits per heavy atom. The van der Waals surface area contributed by atoms with Gasteiger partial charge in [-0.15, -0.1) is 0 Å². The van der Waals surface area contributed by atoms with Crippen LogP contribution in [-0.2, 0) is 4.74 Å². The van der Waals surface area contributed by atoms with Crippen molar-refractivity contribution >= 4 is 5.95 Å². The van der Waals surface area contributed by atoms with E-state index in [0.717, 1.165) is 57.5 Å². The van der Waals surface area contributed by atoms with Crippen LogP contribution in [0.1, 0.15) is 50.8 Å². The number of hydrogen-bond acceptors (Lipinski definition) is 6. The first-order valence-electron chi connectivity index (χ1n) is 8.26. The molecule has 1 aromatic heterocycles. The first-order chi connectivity index (χ1) is 10.4. The maximum Gasteiger partial charge on any atom is 0.266 e. The fraction of sp³-hybridized carbons (Fsp3) is 0.867. The molecule has 1 aliphatic heterocycles. The van der Waals surface area contributed by atoms with Crippen LogP contribution in [-0.4, -0.2) is 49.0 Å². The van der Waals surface area contributed by atoms with Gasteiger partial charge in [-0.05, 0) is 43.8 Å². The van der Waals surface area contributed by atoms with Crippen LogP contribution < -0.4 is 10.2 Å². The highest BCUT2D eigenvalue weighted by atomic mass is 16.5. The Morgan fingerprint density at radius 3 is 2.67 bits per heavy atom. The molecule has 2 aliphatic rings. The Hall–Kier alpha value is -1.14. The van der Waals surface area contributed by atoms with Gasteiger partial charge >= 0.3 is 0 Å². The molecule has 0 atom stereocenters. The van der Waals surface area contributed by atoms with Gasteiger partial charge in [0, 0.05) is 25.0 Å². The minimum absolute atomic E-state index is 0.437. The van der Waals surface area contributed by atoms with Crippen molar-refractivity contribution < 1.29 is 9.26 Å². The Balaban J connectivity index is 1.52. The molecule has 0 bridgehead atoms. The van der Waals surface area contributed by atoms with E-state index in [0.29, 0.717) is 12.0 Å². The summed E-state index contributed by atoms with van der Waals surface area (Å²) in [5, 5.41) is 7.76. The minimum atomic E-state index is 0.437. The van der Waals surface area contributed by atoms with E-state index in [1.54, 1.807) is 0 Å². The molecule has 118 valence electrons. The van der Waals surface area contributed by atoms with E-state index in [1.807, 2.05) is 0 Å². The van der Waals surface area contributed by atoms with Gasteiger partial charge in [0.15, 0.2) is 0 Å². The highest BCUT2D eigenvalue weighted by Crippen LogP contribution is 2.32. The average Bonchev–Trinajstić information content (AvgIpc) is 3.04. The lowest BCUT2D eigenvalue weighted by molar-refractivity contribution is 0.121. The summed E-state index contributed by atoms with van der Waals surface area (Å²) in [4.78, 5) is 6.76. The Morgan fingerprint density at radius 1 is 1.19 bits per heavy atom. The van der Waals surface area contributed by atoms with Crippen molar-refractivity contribution in [2.24, 2.45) is 0 Å². The smallest absolute Gasteiger partial charge is 0.266 e. The molecule has 0 spiro atoms. The summed E-state index contributed by atoms with van der Waals surface area (Å²) in [7, 11) is 0. The average molecular weight is 294 g/mol. The lowest BCUT2D eigenvalue weighted by Crippen LogP contribution is -2.37. The summed E-state index contributed by atoms with van der Waals surface area (Å²) in [5.41, 5.74) is 0. The molecule has 2 fully saturated rings. The van der Waals surface area contributed by atoms with Gasteiger partial charge in [-0.3, -0.25) is 0 Å². The van der Waals surface area contributed by atoms with E-state index in [-0.39, 0.29) is 0 Å². The molecule has 6 heteroatoms. The summed E-state index contributed by atoms with van der Waals surface area (Å²) >= 11 is 0. The van der Waals surface area contributed by atoms with Gasteiger partial charge in [0.2, 0.25) is 5.89 Å². The van der Waals surface area contributed by atoms with Crippen LogP contribution in [0.25, 0.3) is 0 Å². The molecule has 1 N–H and O–H groups in total. The largest absolute Gasteiger partial charge is 0.378 e. The van der Waals surface area contributed by atoms with E-state index >= 15 is 0 Å². The molecule has 0 unspecified atom stereocenters. The number of nitrogens with zero attached hydrogens (tertiary/aromatic N) is 3. The van der Waals surface area contributed by atoms with Crippen molar-refractivity contribution in [3.8, 4) is 0 Å². The van der Waals surface area contributed by atoms with Crippen molar-refractivity contribution in [2.75, 3.05) is 37.7 Å². The molecule has 1 aliphatic carbocycles. The van der Waals surface area contributed by atoms with E-state index < -0.39 is 0 Å². The third-order valence-corrected chi connectivity index (χ3v) is 4.48. The van der Waals surface area contributed by atoms with E-state index in [9.17, 15) is 0 Å². The zero-order valence-corrected chi connectivity index (χ0v) is 12.9. The molecule has 1 saturated heterocycles. The predicted molar refractivity (Wildman–Crippen MR) is 80.6 cm³/mol. The van der Waals surface area contributed by atoms with Gasteiger partial charge in [0.1, 0.15) is 0 Å². The van der Waals surface area contributed by atoms with Crippen LogP contribution in [0.3, 0.4) is 0 Å². The third-order valence-electron chi connectivity index (χ3n) is 4.48. The van der Waals surface area contributed by atoms with Crippen molar-refractivity contribution in [3.05, 3.63) is 5.89 Å². The van der Waals surface area contributed by atoms with Crippen LogP contribution in [0, 0.1) is 0 Å². The van der Waals surface area contributed by atoms with Gasteiger partial charge < -0.3 is 19.5 Å². The number of morpholine rings is 1. The first-order valence-corrected chi connectivity index (χ1v) is 8.26. The van der Waals surface area contributed by atoms with Gasteiger partial charge in [-0.2, -0.15) is 4.98 Å². The summed E-state index contributed by atoms with van der Waals surface area (Å²) in [6.45, 7) is 6.54. The second-order valence-electron chi connectivity index (χ2n) is 6.03. The Labute approximate surface area is 126 Å². The highest BCUT2D eigenvalue weighted by Gasteiger charge is 2.27. The number of ether oxygens (including phenoxy) is 1. The number of anilines is 1. The standard InChI is InChI=1S/C15H26N4O2/c1-2-7-16-13-5-3-12(4-6-13)14-17-15(18-21-14)19-8-10-20-11-9-19/h12-13,16H,2-11H2,1H3. The van der Waals surface area contributed by atoms with Gasteiger partial charge in [0.25, 0.3) is 5.95 Å². The first kappa shape index (κ1) is 14.8. The maximum atomic E-state index is 5.51. The Kier molecular flexibility index (Phi) is 5.08. The molecule has 0 radical (unpaired) electrons. The lowest BCUT2D eigenvalue weighted by Gasteiger charge is -2.27. The summed E-state index contributed by atoms with van der Waals surface area (Å²) in [5.74, 6) is 2.00. The molecule has 2 heterocycles. The van der Waals surface area contributed by atoms with Crippen molar-refractivity contribution in [1.29, 1.82) is 0 Å². The molecule has 21 heavy (non-hydrogen) atoms. The van der Waals surface area contributed by atoms with Crippen molar-refractivity contribution in [1.82, 2.24) is 15.5 Å². The minimum Gasteiger partial charge on any atom is -0.378 e. The van der Waals surface area contributed by atoms with Crippen LogP contribution in [0.2, 0.25) is 0 Å². The molecule has 6 nitrogen and oxygen atoms in total. The third kappa shape index (κ3) is 3.74. The molecule has 0 amide bonds. The van der Waals surface area contributed by atoms with Crippen molar-refractivity contribution in [2.45, 2.75) is 51.0 Å². The maximum absolute atomic E-state index is 5.51. The molecule has 1 aromatic rings. The summed E-state index contributed by atoms with van der Waals surface area (Å²) in [6.07, 6.45) is 5.91. The predicted octanol–water partition coefficient (Wildman–Crippen LogP) is 1.93. The second-order valence-corrected chi connectivity index (χ2v) is 6.03. The monoisotopic (exact) mass is 294 g/mol. The summed E-state index contributed by atoms with van der Waals surface area (Å²) in [6, 6.07) is 0.669. The molecule has 0 aromatic carbocycles. The molecular weight excluding hydrogens is 268 g/mol. The fourth-order valence-electron chi connectivity index (χ4n) is 3.18. The lowest BCUT2D eigenvalue weighted by atomic mass is 9.86. The second kappa shape index (κ2) is 7.22. The number of hydrogen-bond donors (Lipinski definition) is 1. The van der Waals surface area contributed by atoms with Gasteiger partial charge in [0.05, 0.1) is 13.2 Å². The number of aromatic nitrogens is 2. The van der Waals surface area contributed by atoms with Gasteiger partial charge in [-0.25, -0.2) is 0 Å². The SMILES string of the molecule is CCCNC1CCC(c2nc(N3CCOCC3)no2)CC1. The summed E-state index contributed by atoms with van der Waals surface area (Å²) < 4.78 is 10.9. The van der Waals surface area contributed by atoms with E-state index in [4.69, 9.17) is 9.26 Å². The van der Waals surface area contributed by atoms with Crippen LogP contribution >= 0.6 is 0 Å². The fourth-order valence-corrected chi connectivity index (χ4v) is 3.18. The molecule has 3 rings (SSSR count). The molecule has 1 saturated carbocycles. The van der Waals surface area contributed by atoms with Crippen LogP contribution in [0.4, 0.5) is 5.95 Å². The van der Waals surface area contributed by atoms with Crippen molar-refractivity contribution in [3.63, 3.8) is 0 Å².